The number of carbonyl (C=O) groups is 1. The normalized spacial score (nSPS) is 11.2. The summed E-state index contributed by atoms with van der Waals surface area (Å²) in [6.07, 6.45) is 0. The zero-order valence-corrected chi connectivity index (χ0v) is 13.5. The first-order valence-corrected chi connectivity index (χ1v) is 7.39. The van der Waals surface area contributed by atoms with Crippen LogP contribution in [0.25, 0.3) is 16.9 Å². The van der Waals surface area contributed by atoms with Crippen molar-refractivity contribution in [1.29, 1.82) is 0 Å². The van der Waals surface area contributed by atoms with Crippen molar-refractivity contribution < 1.29 is 27.1 Å². The van der Waals surface area contributed by atoms with Gasteiger partial charge in [-0.25, -0.2) is 31.9 Å². The maximum atomic E-state index is 14.0. The number of esters is 1. The van der Waals surface area contributed by atoms with Crippen LogP contribution in [-0.4, -0.2) is 27.2 Å². The number of H-pyrrole nitrogens is 1. The number of aromatic amines is 1. The molecule has 3 rings (SSSR count). The summed E-state index contributed by atoms with van der Waals surface area (Å²) in [6, 6.07) is 1.18. The topological polar surface area (TPSA) is 76.5 Å². The largest absolute Gasteiger partial charge is 0.462 e. The van der Waals surface area contributed by atoms with E-state index in [-0.39, 0.29) is 23.5 Å². The van der Waals surface area contributed by atoms with E-state index in [0.29, 0.717) is 6.07 Å². The molecule has 0 saturated heterocycles. The summed E-state index contributed by atoms with van der Waals surface area (Å²) in [7, 11) is 0. The highest BCUT2D eigenvalue weighted by Crippen LogP contribution is 2.27. The van der Waals surface area contributed by atoms with Crippen molar-refractivity contribution in [3.05, 3.63) is 57.0 Å². The first-order chi connectivity index (χ1) is 12.3. The molecule has 0 fully saturated rings. The molecular formula is C16H11F4N3O3. The predicted octanol–water partition coefficient (Wildman–Crippen LogP) is 2.73. The lowest BCUT2D eigenvalue weighted by Crippen LogP contribution is -2.16. The van der Waals surface area contributed by atoms with Crippen molar-refractivity contribution in [3.63, 3.8) is 0 Å². The molecule has 0 unspecified atom stereocenters. The van der Waals surface area contributed by atoms with E-state index in [1.165, 1.54) is 6.92 Å². The van der Waals surface area contributed by atoms with Crippen LogP contribution in [0.1, 0.15) is 23.0 Å². The molecule has 0 aliphatic heterocycles. The van der Waals surface area contributed by atoms with E-state index < -0.39 is 46.1 Å². The molecule has 0 amide bonds. The molecule has 10 heteroatoms. The van der Waals surface area contributed by atoms with Crippen molar-refractivity contribution in [2.45, 2.75) is 13.8 Å². The number of benzene rings is 1. The number of rotatable bonds is 3. The fourth-order valence-electron chi connectivity index (χ4n) is 2.49. The minimum absolute atomic E-state index is 0.0581. The Hall–Kier alpha value is -3.17. The Balaban J connectivity index is 2.32. The Kier molecular flexibility index (Phi) is 4.26. The Morgan fingerprint density at radius 3 is 2.54 bits per heavy atom. The highest BCUT2D eigenvalue weighted by molar-refractivity contribution is 5.97. The molecule has 0 spiro atoms. The summed E-state index contributed by atoms with van der Waals surface area (Å²) in [5.41, 5.74) is -2.04. The van der Waals surface area contributed by atoms with E-state index in [0.717, 1.165) is 10.6 Å². The first-order valence-electron chi connectivity index (χ1n) is 7.39. The van der Waals surface area contributed by atoms with E-state index in [1.807, 2.05) is 0 Å². The minimum atomic E-state index is -2.03. The molecule has 0 saturated carbocycles. The fraction of sp³-hybridized carbons (Fsp3) is 0.188. The lowest BCUT2D eigenvalue weighted by atomic mass is 10.1. The number of nitrogens with zero attached hydrogens (tertiary/aromatic N) is 2. The highest BCUT2D eigenvalue weighted by atomic mass is 19.2. The van der Waals surface area contributed by atoms with Crippen LogP contribution in [0.3, 0.4) is 0 Å². The second-order valence-electron chi connectivity index (χ2n) is 5.32. The Labute approximate surface area is 143 Å². The van der Waals surface area contributed by atoms with Gasteiger partial charge < -0.3 is 4.74 Å². The molecular weight excluding hydrogens is 358 g/mol. The highest BCUT2D eigenvalue weighted by Gasteiger charge is 2.24. The van der Waals surface area contributed by atoms with Crippen molar-refractivity contribution in [2.24, 2.45) is 0 Å². The lowest BCUT2D eigenvalue weighted by Gasteiger charge is -2.06. The number of carbonyl (C=O) groups excluding carboxylic acids is 1. The summed E-state index contributed by atoms with van der Waals surface area (Å²) >= 11 is 0. The molecule has 2 aromatic heterocycles. The number of aryl methyl sites for hydroxylation is 1. The van der Waals surface area contributed by atoms with Crippen LogP contribution in [-0.2, 0) is 4.74 Å². The maximum Gasteiger partial charge on any atom is 0.343 e. The molecule has 1 aromatic carbocycles. The zero-order chi connectivity index (χ0) is 19.2. The number of aromatic nitrogens is 3. The number of ether oxygens (including phenoxy) is 1. The van der Waals surface area contributed by atoms with Gasteiger partial charge in [0.2, 0.25) is 0 Å². The van der Waals surface area contributed by atoms with Gasteiger partial charge in [0.05, 0.1) is 12.3 Å². The van der Waals surface area contributed by atoms with Gasteiger partial charge in [0.1, 0.15) is 5.56 Å². The smallest absolute Gasteiger partial charge is 0.343 e. The molecule has 136 valence electrons. The van der Waals surface area contributed by atoms with Crippen molar-refractivity contribution in [2.75, 3.05) is 6.61 Å². The van der Waals surface area contributed by atoms with E-state index >= 15 is 0 Å². The quantitative estimate of drug-likeness (QED) is 0.333. The summed E-state index contributed by atoms with van der Waals surface area (Å²) in [6.45, 7) is 3.12. The third-order valence-corrected chi connectivity index (χ3v) is 3.65. The van der Waals surface area contributed by atoms with Crippen LogP contribution in [0.4, 0.5) is 17.6 Å². The molecule has 1 N–H and O–H groups in total. The van der Waals surface area contributed by atoms with Gasteiger partial charge in [-0.15, -0.1) is 0 Å². The summed E-state index contributed by atoms with van der Waals surface area (Å²) in [5, 5.41) is 2.60. The van der Waals surface area contributed by atoms with Gasteiger partial charge in [0.25, 0.3) is 5.56 Å². The number of nitrogens with one attached hydrogen (secondary N) is 1. The number of hydrogen-bond donors (Lipinski definition) is 1. The Bertz CT molecular complexity index is 1100. The van der Waals surface area contributed by atoms with E-state index in [1.54, 1.807) is 6.92 Å². The average molecular weight is 369 g/mol. The van der Waals surface area contributed by atoms with Gasteiger partial charge in [0.15, 0.2) is 28.9 Å². The van der Waals surface area contributed by atoms with Crippen LogP contribution >= 0.6 is 0 Å². The van der Waals surface area contributed by atoms with Crippen LogP contribution in [0, 0.1) is 30.2 Å². The van der Waals surface area contributed by atoms with Gasteiger partial charge in [-0.3, -0.25) is 9.89 Å². The number of fused-ring (bicyclic) bond motifs is 1. The molecule has 0 aliphatic carbocycles. The van der Waals surface area contributed by atoms with E-state index in [9.17, 15) is 27.2 Å². The van der Waals surface area contributed by atoms with Crippen molar-refractivity contribution in [3.8, 4) is 11.3 Å². The number of hydrogen-bond acceptors (Lipinski definition) is 4. The monoisotopic (exact) mass is 369 g/mol. The van der Waals surface area contributed by atoms with Crippen molar-refractivity contribution in [1.82, 2.24) is 14.6 Å². The van der Waals surface area contributed by atoms with Crippen LogP contribution < -0.4 is 5.56 Å². The van der Waals surface area contributed by atoms with Gasteiger partial charge in [-0.05, 0) is 19.9 Å². The first kappa shape index (κ1) is 17.6. The fourth-order valence-corrected chi connectivity index (χ4v) is 2.49. The number of halogens is 4. The summed E-state index contributed by atoms with van der Waals surface area (Å²) in [4.78, 5) is 28.2. The van der Waals surface area contributed by atoms with Gasteiger partial charge in [0, 0.05) is 17.3 Å². The molecule has 2 heterocycles. The lowest BCUT2D eigenvalue weighted by molar-refractivity contribution is 0.0527. The second-order valence-corrected chi connectivity index (χ2v) is 5.32. The second kappa shape index (κ2) is 6.28. The minimum Gasteiger partial charge on any atom is -0.462 e. The molecule has 0 aliphatic rings. The Morgan fingerprint density at radius 1 is 1.19 bits per heavy atom. The van der Waals surface area contributed by atoms with Crippen LogP contribution in [0.2, 0.25) is 0 Å². The molecule has 0 atom stereocenters. The van der Waals surface area contributed by atoms with Gasteiger partial charge >= 0.3 is 5.97 Å². The SMILES string of the molecule is CCOC(=O)c1c(C)[nH]n2c(=O)cc(-c3cc(F)c(F)c(F)c3F)nc12. The third-order valence-electron chi connectivity index (χ3n) is 3.65. The summed E-state index contributed by atoms with van der Waals surface area (Å²) < 4.78 is 59.9. The maximum absolute atomic E-state index is 14.0. The van der Waals surface area contributed by atoms with Gasteiger partial charge in [-0.1, -0.05) is 0 Å². The molecule has 26 heavy (non-hydrogen) atoms. The molecule has 3 aromatic rings. The summed E-state index contributed by atoms with van der Waals surface area (Å²) in [5.74, 6) is -8.14. The van der Waals surface area contributed by atoms with Crippen LogP contribution in [0.5, 0.6) is 0 Å². The predicted molar refractivity (Wildman–Crippen MR) is 81.8 cm³/mol. The van der Waals surface area contributed by atoms with Crippen LogP contribution in [0.15, 0.2) is 16.9 Å². The third kappa shape index (κ3) is 2.63. The average Bonchev–Trinajstić information content (AvgIpc) is 2.93. The zero-order valence-electron chi connectivity index (χ0n) is 13.5. The molecule has 6 nitrogen and oxygen atoms in total. The van der Waals surface area contributed by atoms with Crippen molar-refractivity contribution >= 4 is 11.6 Å². The van der Waals surface area contributed by atoms with E-state index in [2.05, 4.69) is 10.1 Å². The molecule has 0 radical (unpaired) electrons. The van der Waals surface area contributed by atoms with E-state index in [4.69, 9.17) is 4.74 Å². The molecule has 0 bridgehead atoms. The van der Waals surface area contributed by atoms with Gasteiger partial charge in [-0.2, -0.15) is 0 Å². The Morgan fingerprint density at radius 2 is 1.88 bits per heavy atom. The standard InChI is InChI=1S/C16H11F4N3O3/c1-3-26-16(25)11-6(2)22-23-10(24)5-9(21-15(11)23)7-4-8(17)13(19)14(20)12(7)18/h4-5,22H,3H2,1-2H3.